The van der Waals surface area contributed by atoms with E-state index in [0.717, 1.165) is 3.57 Å². The van der Waals surface area contributed by atoms with Crippen molar-refractivity contribution >= 4 is 34.2 Å². The molecule has 104 valence electrons. The molecule has 0 spiro atoms. The first-order valence-electron chi connectivity index (χ1n) is 5.93. The highest BCUT2D eigenvalue weighted by molar-refractivity contribution is 14.1. The monoisotopic (exact) mass is 383 g/mol. The first-order chi connectivity index (χ1) is 9.65. The van der Waals surface area contributed by atoms with Gasteiger partial charge in [0, 0.05) is 9.64 Å². The van der Waals surface area contributed by atoms with Gasteiger partial charge in [0.25, 0.3) is 5.91 Å². The molecular weight excluding hydrogens is 369 g/mol. The second kappa shape index (κ2) is 6.60. The van der Waals surface area contributed by atoms with Gasteiger partial charge in [-0.3, -0.25) is 4.79 Å². The lowest BCUT2D eigenvalue weighted by atomic mass is 10.2. The predicted molar refractivity (Wildman–Crippen MR) is 86.7 cm³/mol. The molecule has 0 aliphatic heterocycles. The van der Waals surface area contributed by atoms with Gasteiger partial charge >= 0.3 is 0 Å². The Morgan fingerprint density at radius 2 is 1.85 bits per heavy atom. The van der Waals surface area contributed by atoms with Crippen molar-refractivity contribution in [1.82, 2.24) is 0 Å². The van der Waals surface area contributed by atoms with Gasteiger partial charge in [0.15, 0.2) is 0 Å². The summed E-state index contributed by atoms with van der Waals surface area (Å²) in [6, 6.07) is 12.7. The number of halogens is 1. The molecule has 0 aliphatic rings. The summed E-state index contributed by atoms with van der Waals surface area (Å²) in [7, 11) is 3.14. The molecule has 0 unspecified atom stereocenters. The molecular formula is C15H14INO3. The third kappa shape index (κ3) is 3.22. The SMILES string of the molecule is COc1ccc(OC)c(NC(=O)c2ccccc2I)c1. The normalized spacial score (nSPS) is 9.95. The Morgan fingerprint density at radius 3 is 2.50 bits per heavy atom. The van der Waals surface area contributed by atoms with Crippen LogP contribution in [-0.2, 0) is 0 Å². The van der Waals surface area contributed by atoms with Crippen LogP contribution in [-0.4, -0.2) is 20.1 Å². The summed E-state index contributed by atoms with van der Waals surface area (Å²) >= 11 is 2.13. The number of amides is 1. The summed E-state index contributed by atoms with van der Waals surface area (Å²) in [5, 5.41) is 2.84. The summed E-state index contributed by atoms with van der Waals surface area (Å²) in [6.45, 7) is 0. The molecule has 0 atom stereocenters. The van der Waals surface area contributed by atoms with E-state index >= 15 is 0 Å². The molecule has 0 saturated carbocycles. The number of hydrogen-bond donors (Lipinski definition) is 1. The molecule has 5 heteroatoms. The number of ether oxygens (including phenoxy) is 2. The lowest BCUT2D eigenvalue weighted by molar-refractivity contribution is 0.102. The summed E-state index contributed by atoms with van der Waals surface area (Å²) in [5.74, 6) is 1.07. The van der Waals surface area contributed by atoms with E-state index in [1.165, 1.54) is 0 Å². The van der Waals surface area contributed by atoms with Gasteiger partial charge < -0.3 is 14.8 Å². The Morgan fingerprint density at radius 1 is 1.10 bits per heavy atom. The molecule has 2 rings (SSSR count). The lowest BCUT2D eigenvalue weighted by Crippen LogP contribution is -2.14. The van der Waals surface area contributed by atoms with Gasteiger partial charge in [0.2, 0.25) is 0 Å². The van der Waals surface area contributed by atoms with E-state index in [9.17, 15) is 4.79 Å². The van der Waals surface area contributed by atoms with Crippen molar-refractivity contribution in [3.63, 3.8) is 0 Å². The summed E-state index contributed by atoms with van der Waals surface area (Å²) in [6.07, 6.45) is 0. The largest absolute Gasteiger partial charge is 0.497 e. The van der Waals surface area contributed by atoms with Crippen LogP contribution in [0.1, 0.15) is 10.4 Å². The van der Waals surface area contributed by atoms with Crippen molar-refractivity contribution < 1.29 is 14.3 Å². The minimum Gasteiger partial charge on any atom is -0.497 e. The molecule has 0 radical (unpaired) electrons. The number of hydrogen-bond acceptors (Lipinski definition) is 3. The molecule has 4 nitrogen and oxygen atoms in total. The van der Waals surface area contributed by atoms with Crippen LogP contribution in [0.15, 0.2) is 42.5 Å². The second-order valence-corrected chi connectivity index (χ2v) is 5.16. The van der Waals surface area contributed by atoms with Gasteiger partial charge in [-0.15, -0.1) is 0 Å². The fourth-order valence-electron chi connectivity index (χ4n) is 1.75. The first kappa shape index (κ1) is 14.6. The van der Waals surface area contributed by atoms with Crippen molar-refractivity contribution in [2.24, 2.45) is 0 Å². The van der Waals surface area contributed by atoms with Crippen LogP contribution in [0.3, 0.4) is 0 Å². The standard InChI is InChI=1S/C15H14INO3/c1-19-10-7-8-14(20-2)13(9-10)17-15(18)11-5-3-4-6-12(11)16/h3-9H,1-2H3,(H,17,18). The number of benzene rings is 2. The smallest absolute Gasteiger partial charge is 0.256 e. The minimum absolute atomic E-state index is 0.179. The molecule has 1 N–H and O–H groups in total. The minimum atomic E-state index is -0.179. The highest BCUT2D eigenvalue weighted by Gasteiger charge is 2.12. The topological polar surface area (TPSA) is 47.6 Å². The highest BCUT2D eigenvalue weighted by atomic mass is 127. The predicted octanol–water partition coefficient (Wildman–Crippen LogP) is 3.56. The van der Waals surface area contributed by atoms with Crippen LogP contribution >= 0.6 is 22.6 Å². The van der Waals surface area contributed by atoms with Crippen LogP contribution < -0.4 is 14.8 Å². The van der Waals surface area contributed by atoms with E-state index in [2.05, 4.69) is 27.9 Å². The van der Waals surface area contributed by atoms with Crippen LogP contribution in [0.2, 0.25) is 0 Å². The Hall–Kier alpha value is -1.76. The average Bonchev–Trinajstić information content (AvgIpc) is 2.47. The van der Waals surface area contributed by atoms with Gasteiger partial charge in [0.1, 0.15) is 11.5 Å². The quantitative estimate of drug-likeness (QED) is 0.822. The average molecular weight is 383 g/mol. The maximum absolute atomic E-state index is 12.3. The molecule has 1 amide bonds. The number of anilines is 1. The van der Waals surface area contributed by atoms with Gasteiger partial charge in [-0.05, 0) is 46.9 Å². The number of carbonyl (C=O) groups is 1. The third-order valence-corrected chi connectivity index (χ3v) is 3.71. The fraction of sp³-hybridized carbons (Fsp3) is 0.133. The maximum atomic E-state index is 12.3. The summed E-state index contributed by atoms with van der Waals surface area (Å²) in [4.78, 5) is 12.3. The van der Waals surface area contributed by atoms with E-state index in [1.807, 2.05) is 18.2 Å². The van der Waals surface area contributed by atoms with E-state index in [0.29, 0.717) is 22.7 Å². The molecule has 2 aromatic rings. The van der Waals surface area contributed by atoms with E-state index in [-0.39, 0.29) is 5.91 Å². The molecule has 2 aromatic carbocycles. The molecule has 0 fully saturated rings. The number of carbonyl (C=O) groups excluding carboxylic acids is 1. The zero-order chi connectivity index (χ0) is 14.5. The van der Waals surface area contributed by atoms with Gasteiger partial charge in [0.05, 0.1) is 25.5 Å². The molecule has 20 heavy (non-hydrogen) atoms. The zero-order valence-electron chi connectivity index (χ0n) is 11.1. The Kier molecular flexibility index (Phi) is 4.84. The van der Waals surface area contributed by atoms with Crippen molar-refractivity contribution in [2.45, 2.75) is 0 Å². The highest BCUT2D eigenvalue weighted by Crippen LogP contribution is 2.29. The second-order valence-electron chi connectivity index (χ2n) is 4.00. The van der Waals surface area contributed by atoms with Gasteiger partial charge in [-0.2, -0.15) is 0 Å². The Balaban J connectivity index is 2.29. The summed E-state index contributed by atoms with van der Waals surface area (Å²) in [5.41, 5.74) is 1.20. The first-order valence-corrected chi connectivity index (χ1v) is 7.01. The maximum Gasteiger partial charge on any atom is 0.256 e. The molecule has 0 heterocycles. The van der Waals surface area contributed by atoms with E-state index < -0.39 is 0 Å². The van der Waals surface area contributed by atoms with Crippen molar-refractivity contribution in [3.05, 3.63) is 51.6 Å². The van der Waals surface area contributed by atoms with Crippen LogP contribution in [0, 0.1) is 3.57 Å². The van der Waals surface area contributed by atoms with Gasteiger partial charge in [-0.1, -0.05) is 12.1 Å². The number of methoxy groups -OCH3 is 2. The van der Waals surface area contributed by atoms with Crippen molar-refractivity contribution in [3.8, 4) is 11.5 Å². The van der Waals surface area contributed by atoms with E-state index in [1.54, 1.807) is 38.5 Å². The molecule has 0 aromatic heterocycles. The number of rotatable bonds is 4. The van der Waals surface area contributed by atoms with Crippen LogP contribution in [0.5, 0.6) is 11.5 Å². The van der Waals surface area contributed by atoms with E-state index in [4.69, 9.17) is 9.47 Å². The molecule has 0 saturated heterocycles. The fourth-order valence-corrected chi connectivity index (χ4v) is 2.38. The van der Waals surface area contributed by atoms with Gasteiger partial charge in [-0.25, -0.2) is 0 Å². The van der Waals surface area contributed by atoms with Crippen molar-refractivity contribution in [1.29, 1.82) is 0 Å². The molecule has 0 bridgehead atoms. The lowest BCUT2D eigenvalue weighted by Gasteiger charge is -2.12. The van der Waals surface area contributed by atoms with Crippen molar-refractivity contribution in [2.75, 3.05) is 19.5 Å². The number of nitrogens with one attached hydrogen (secondary N) is 1. The summed E-state index contributed by atoms with van der Waals surface area (Å²) < 4.78 is 11.3. The molecule has 0 aliphatic carbocycles. The Labute approximate surface area is 131 Å². The Bertz CT molecular complexity index is 628. The van der Waals surface area contributed by atoms with Crippen LogP contribution in [0.4, 0.5) is 5.69 Å². The zero-order valence-corrected chi connectivity index (χ0v) is 13.3. The van der Waals surface area contributed by atoms with Crippen LogP contribution in [0.25, 0.3) is 0 Å². The third-order valence-electron chi connectivity index (χ3n) is 2.77.